The molecule has 128 valence electrons. The molecule has 2 bridgehead atoms. The van der Waals surface area contributed by atoms with Crippen molar-refractivity contribution in [3.8, 4) is 5.69 Å². The Hall–Kier alpha value is -1.85. The van der Waals surface area contributed by atoms with Gasteiger partial charge in [-0.2, -0.15) is 5.10 Å². The van der Waals surface area contributed by atoms with Crippen LogP contribution in [0.2, 0.25) is 0 Å². The van der Waals surface area contributed by atoms with Crippen molar-refractivity contribution in [3.05, 3.63) is 47.8 Å². The Kier molecular flexibility index (Phi) is 4.92. The van der Waals surface area contributed by atoms with Crippen molar-refractivity contribution in [1.82, 2.24) is 20.0 Å². The van der Waals surface area contributed by atoms with E-state index in [1.54, 1.807) is 6.20 Å². The molecule has 3 heterocycles. The molecule has 2 aromatic rings. The maximum atomic E-state index is 12.9. The van der Waals surface area contributed by atoms with Gasteiger partial charge in [-0.05, 0) is 38.3 Å². The summed E-state index contributed by atoms with van der Waals surface area (Å²) < 4.78 is 1.84. The SMILES string of the molecule is Cc1c(C(=O)N2CCC3CCC(C2)N3)cnn1-c1ccccc1.Cl. The number of benzene rings is 1. The normalized spacial score (nSPS) is 22.8. The number of hydrogen-bond donors (Lipinski definition) is 1. The third kappa shape index (κ3) is 3.06. The first-order valence-electron chi connectivity index (χ1n) is 8.38. The minimum Gasteiger partial charge on any atom is -0.337 e. The third-order valence-corrected chi connectivity index (χ3v) is 5.05. The van der Waals surface area contributed by atoms with Crippen LogP contribution in [0, 0.1) is 6.92 Å². The van der Waals surface area contributed by atoms with Gasteiger partial charge in [-0.25, -0.2) is 4.68 Å². The average molecular weight is 347 g/mol. The Morgan fingerprint density at radius 3 is 2.71 bits per heavy atom. The number of amides is 1. The van der Waals surface area contributed by atoms with Gasteiger partial charge in [-0.15, -0.1) is 12.4 Å². The zero-order chi connectivity index (χ0) is 15.8. The molecule has 2 atom stereocenters. The highest BCUT2D eigenvalue weighted by Gasteiger charge is 2.32. The number of fused-ring (bicyclic) bond motifs is 2. The topological polar surface area (TPSA) is 50.2 Å². The number of carbonyl (C=O) groups excluding carboxylic acids is 1. The first-order valence-corrected chi connectivity index (χ1v) is 8.38. The molecule has 0 aliphatic carbocycles. The first kappa shape index (κ1) is 17.0. The van der Waals surface area contributed by atoms with Crippen molar-refractivity contribution in [3.63, 3.8) is 0 Å². The lowest BCUT2D eigenvalue weighted by Gasteiger charge is -2.24. The first-order chi connectivity index (χ1) is 11.2. The number of carbonyl (C=O) groups is 1. The lowest BCUT2D eigenvalue weighted by Crippen LogP contribution is -2.39. The van der Waals surface area contributed by atoms with Gasteiger partial charge in [0.2, 0.25) is 0 Å². The molecular weight excluding hydrogens is 324 g/mol. The fraction of sp³-hybridized carbons (Fsp3) is 0.444. The van der Waals surface area contributed by atoms with Gasteiger partial charge in [0.25, 0.3) is 5.91 Å². The van der Waals surface area contributed by atoms with Crippen LogP contribution in [0.3, 0.4) is 0 Å². The summed E-state index contributed by atoms with van der Waals surface area (Å²) in [5.74, 6) is 0.110. The van der Waals surface area contributed by atoms with Gasteiger partial charge < -0.3 is 10.2 Å². The fourth-order valence-electron chi connectivity index (χ4n) is 3.75. The molecule has 2 saturated heterocycles. The number of halogens is 1. The Bertz CT molecular complexity index is 715. The van der Waals surface area contributed by atoms with Crippen LogP contribution in [0.15, 0.2) is 36.5 Å². The van der Waals surface area contributed by atoms with Crippen LogP contribution in [-0.2, 0) is 0 Å². The Morgan fingerprint density at radius 1 is 1.17 bits per heavy atom. The molecule has 1 aromatic carbocycles. The summed E-state index contributed by atoms with van der Waals surface area (Å²) in [4.78, 5) is 14.9. The molecular formula is C18H23ClN4O. The van der Waals surface area contributed by atoms with Crippen LogP contribution in [0.4, 0.5) is 0 Å². The molecule has 6 heteroatoms. The molecule has 1 N–H and O–H groups in total. The van der Waals surface area contributed by atoms with E-state index in [9.17, 15) is 4.79 Å². The van der Waals surface area contributed by atoms with Crippen molar-refractivity contribution in [2.75, 3.05) is 13.1 Å². The van der Waals surface area contributed by atoms with Gasteiger partial charge in [0.15, 0.2) is 0 Å². The Morgan fingerprint density at radius 2 is 1.92 bits per heavy atom. The largest absolute Gasteiger partial charge is 0.337 e. The monoisotopic (exact) mass is 346 g/mol. The predicted molar refractivity (Wildman–Crippen MR) is 96.0 cm³/mol. The van der Waals surface area contributed by atoms with E-state index in [2.05, 4.69) is 10.4 Å². The lowest BCUT2D eigenvalue weighted by atomic mass is 10.1. The number of rotatable bonds is 2. The predicted octanol–water partition coefficient (Wildman–Crippen LogP) is 2.57. The number of aromatic nitrogens is 2. The highest BCUT2D eigenvalue weighted by Crippen LogP contribution is 2.23. The standard InChI is InChI=1S/C18H22N4O.ClH/c1-13-17(11-19-22(13)16-5-3-2-4-6-16)18(23)21-10-9-14-7-8-15(12-21)20-14;/h2-6,11,14-15,20H,7-10,12H2,1H3;1H. The number of para-hydroxylation sites is 1. The molecule has 0 radical (unpaired) electrons. The number of hydrogen-bond acceptors (Lipinski definition) is 3. The van der Waals surface area contributed by atoms with Gasteiger partial charge in [0, 0.05) is 25.2 Å². The molecule has 24 heavy (non-hydrogen) atoms. The Balaban J connectivity index is 0.00000169. The van der Waals surface area contributed by atoms with Gasteiger partial charge >= 0.3 is 0 Å². The minimum atomic E-state index is 0. The summed E-state index contributed by atoms with van der Waals surface area (Å²) in [6.07, 6.45) is 5.18. The van der Waals surface area contributed by atoms with Crippen LogP contribution in [-0.4, -0.2) is 45.8 Å². The van der Waals surface area contributed by atoms with Crippen molar-refractivity contribution >= 4 is 18.3 Å². The summed E-state index contributed by atoms with van der Waals surface area (Å²) in [5, 5.41) is 8.05. The number of likely N-dealkylation sites (tertiary alicyclic amines) is 1. The molecule has 2 unspecified atom stereocenters. The van der Waals surface area contributed by atoms with E-state index in [1.807, 2.05) is 46.8 Å². The van der Waals surface area contributed by atoms with E-state index in [1.165, 1.54) is 12.8 Å². The minimum absolute atomic E-state index is 0. The second-order valence-electron chi connectivity index (χ2n) is 6.57. The molecule has 4 rings (SSSR count). The maximum Gasteiger partial charge on any atom is 0.257 e. The number of nitrogens with one attached hydrogen (secondary N) is 1. The highest BCUT2D eigenvalue weighted by molar-refractivity contribution is 5.95. The molecule has 5 nitrogen and oxygen atoms in total. The van der Waals surface area contributed by atoms with Crippen LogP contribution < -0.4 is 5.32 Å². The zero-order valence-corrected chi connectivity index (χ0v) is 14.6. The Labute approximate surface area is 148 Å². The smallest absolute Gasteiger partial charge is 0.257 e. The quantitative estimate of drug-likeness (QED) is 0.909. The van der Waals surface area contributed by atoms with Crippen molar-refractivity contribution in [1.29, 1.82) is 0 Å². The van der Waals surface area contributed by atoms with Crippen LogP contribution in [0.1, 0.15) is 35.3 Å². The molecule has 2 fully saturated rings. The molecule has 2 aliphatic heterocycles. The second kappa shape index (κ2) is 6.95. The van der Waals surface area contributed by atoms with E-state index >= 15 is 0 Å². The van der Waals surface area contributed by atoms with Gasteiger partial charge in [0.1, 0.15) is 0 Å². The van der Waals surface area contributed by atoms with Crippen LogP contribution >= 0.6 is 12.4 Å². The van der Waals surface area contributed by atoms with Gasteiger partial charge in [-0.1, -0.05) is 18.2 Å². The summed E-state index contributed by atoms with van der Waals surface area (Å²) in [5.41, 5.74) is 2.61. The molecule has 1 aromatic heterocycles. The lowest BCUT2D eigenvalue weighted by molar-refractivity contribution is 0.0747. The van der Waals surface area contributed by atoms with E-state index in [4.69, 9.17) is 0 Å². The molecule has 2 aliphatic rings. The van der Waals surface area contributed by atoms with Gasteiger partial charge in [-0.3, -0.25) is 4.79 Å². The summed E-state index contributed by atoms with van der Waals surface area (Å²) in [6.45, 7) is 3.61. The zero-order valence-electron chi connectivity index (χ0n) is 13.8. The van der Waals surface area contributed by atoms with Crippen molar-refractivity contribution < 1.29 is 4.79 Å². The van der Waals surface area contributed by atoms with Crippen molar-refractivity contribution in [2.24, 2.45) is 0 Å². The highest BCUT2D eigenvalue weighted by atomic mass is 35.5. The average Bonchev–Trinajstić information content (AvgIpc) is 3.10. The molecule has 1 amide bonds. The third-order valence-electron chi connectivity index (χ3n) is 5.05. The van der Waals surface area contributed by atoms with Crippen LogP contribution in [0.5, 0.6) is 0 Å². The summed E-state index contributed by atoms with van der Waals surface area (Å²) in [7, 11) is 0. The molecule has 0 spiro atoms. The fourth-order valence-corrected chi connectivity index (χ4v) is 3.75. The maximum absolute atomic E-state index is 12.9. The van der Waals surface area contributed by atoms with Crippen LogP contribution in [0.25, 0.3) is 5.69 Å². The summed E-state index contributed by atoms with van der Waals surface area (Å²) >= 11 is 0. The van der Waals surface area contributed by atoms with E-state index < -0.39 is 0 Å². The van der Waals surface area contributed by atoms with E-state index in [-0.39, 0.29) is 18.3 Å². The van der Waals surface area contributed by atoms with E-state index in [0.29, 0.717) is 17.6 Å². The second-order valence-corrected chi connectivity index (χ2v) is 6.57. The van der Waals surface area contributed by atoms with Crippen molar-refractivity contribution in [2.45, 2.75) is 38.3 Å². The van der Waals surface area contributed by atoms with E-state index in [0.717, 1.165) is 30.9 Å². The molecule has 0 saturated carbocycles. The summed E-state index contributed by atoms with van der Waals surface area (Å²) in [6, 6.07) is 11.0. The van der Waals surface area contributed by atoms with Gasteiger partial charge in [0.05, 0.1) is 23.1 Å². The number of nitrogens with zero attached hydrogens (tertiary/aromatic N) is 3.